The van der Waals surface area contributed by atoms with Gasteiger partial charge in [0.15, 0.2) is 5.96 Å². The monoisotopic (exact) mass is 317 g/mol. The zero-order chi connectivity index (χ0) is 16.5. The molecule has 0 saturated carbocycles. The van der Waals surface area contributed by atoms with Crippen LogP contribution in [0.2, 0.25) is 0 Å². The van der Waals surface area contributed by atoms with Gasteiger partial charge in [0.05, 0.1) is 0 Å². The fraction of sp³-hybridized carbons (Fsp3) is 0.412. The van der Waals surface area contributed by atoms with Gasteiger partial charge >= 0.3 is 0 Å². The fourth-order valence-corrected chi connectivity index (χ4v) is 2.36. The molecule has 0 fully saturated rings. The molecule has 0 aliphatic rings. The van der Waals surface area contributed by atoms with Gasteiger partial charge in [-0.05, 0) is 49.1 Å². The van der Waals surface area contributed by atoms with Crippen molar-refractivity contribution in [2.24, 2.45) is 4.99 Å². The lowest BCUT2D eigenvalue weighted by Crippen LogP contribution is -2.39. The van der Waals surface area contributed by atoms with Crippen LogP contribution in [0, 0.1) is 12.7 Å². The molecule has 2 aromatic rings. The van der Waals surface area contributed by atoms with Crippen molar-refractivity contribution in [2.45, 2.75) is 26.3 Å². The second kappa shape index (κ2) is 8.92. The van der Waals surface area contributed by atoms with E-state index in [1.807, 2.05) is 29.9 Å². The molecule has 0 saturated heterocycles. The van der Waals surface area contributed by atoms with Crippen molar-refractivity contribution in [1.82, 2.24) is 20.4 Å². The number of aliphatic imine (C=N–C) groups is 1. The first-order chi connectivity index (χ1) is 11.2. The van der Waals surface area contributed by atoms with Gasteiger partial charge in [-0.3, -0.25) is 9.67 Å². The summed E-state index contributed by atoms with van der Waals surface area (Å²) in [6.45, 7) is 4.40. The summed E-state index contributed by atoms with van der Waals surface area (Å²) in [5.74, 6) is 0.596. The molecule has 0 radical (unpaired) electrons. The van der Waals surface area contributed by atoms with Gasteiger partial charge in [0.1, 0.15) is 5.82 Å². The molecule has 1 heterocycles. The van der Waals surface area contributed by atoms with Crippen LogP contribution < -0.4 is 10.6 Å². The molecule has 124 valence electrons. The number of aromatic nitrogens is 2. The van der Waals surface area contributed by atoms with E-state index in [9.17, 15) is 4.39 Å². The summed E-state index contributed by atoms with van der Waals surface area (Å²) >= 11 is 0. The number of benzene rings is 1. The normalized spacial score (nSPS) is 11.5. The molecule has 0 unspecified atom stereocenters. The van der Waals surface area contributed by atoms with Crippen molar-refractivity contribution in [3.8, 4) is 0 Å². The molecule has 1 aromatic heterocycles. The summed E-state index contributed by atoms with van der Waals surface area (Å²) in [4.78, 5) is 4.20. The Hall–Kier alpha value is -2.37. The predicted molar refractivity (Wildman–Crippen MR) is 91.0 cm³/mol. The topological polar surface area (TPSA) is 54.2 Å². The maximum atomic E-state index is 13.1. The molecule has 5 nitrogen and oxygen atoms in total. The lowest BCUT2D eigenvalue weighted by molar-refractivity contribution is 0.570. The van der Waals surface area contributed by atoms with Crippen molar-refractivity contribution in [2.75, 3.05) is 20.1 Å². The van der Waals surface area contributed by atoms with Crippen LogP contribution >= 0.6 is 0 Å². The van der Waals surface area contributed by atoms with Crippen LogP contribution in [0.25, 0.3) is 0 Å². The molecule has 0 atom stereocenters. The van der Waals surface area contributed by atoms with Gasteiger partial charge in [-0.1, -0.05) is 6.07 Å². The minimum Gasteiger partial charge on any atom is -0.356 e. The van der Waals surface area contributed by atoms with Crippen LogP contribution in [-0.4, -0.2) is 35.9 Å². The summed E-state index contributed by atoms with van der Waals surface area (Å²) < 4.78 is 15.0. The summed E-state index contributed by atoms with van der Waals surface area (Å²) in [5.41, 5.74) is 2.13. The molecule has 0 spiro atoms. The van der Waals surface area contributed by atoms with Gasteiger partial charge in [0.25, 0.3) is 0 Å². The first-order valence-electron chi connectivity index (χ1n) is 7.86. The average Bonchev–Trinajstić information content (AvgIpc) is 3.05. The molecule has 2 rings (SSSR count). The highest BCUT2D eigenvalue weighted by atomic mass is 19.1. The minimum atomic E-state index is -0.186. The lowest BCUT2D eigenvalue weighted by Gasteiger charge is -2.12. The van der Waals surface area contributed by atoms with Gasteiger partial charge < -0.3 is 10.6 Å². The minimum absolute atomic E-state index is 0.186. The predicted octanol–water partition coefficient (Wildman–Crippen LogP) is 2.13. The lowest BCUT2D eigenvalue weighted by atomic mass is 10.1. The maximum absolute atomic E-state index is 13.1. The third-order valence-corrected chi connectivity index (χ3v) is 3.63. The van der Waals surface area contributed by atoms with Crippen LogP contribution in [0.4, 0.5) is 4.39 Å². The Morgan fingerprint density at radius 2 is 2.13 bits per heavy atom. The third kappa shape index (κ3) is 5.73. The molecule has 1 aromatic carbocycles. The maximum Gasteiger partial charge on any atom is 0.190 e. The van der Waals surface area contributed by atoms with E-state index in [0.29, 0.717) is 0 Å². The van der Waals surface area contributed by atoms with E-state index in [1.165, 1.54) is 6.07 Å². The summed E-state index contributed by atoms with van der Waals surface area (Å²) in [7, 11) is 1.76. The van der Waals surface area contributed by atoms with Crippen LogP contribution in [0.1, 0.15) is 17.5 Å². The van der Waals surface area contributed by atoms with Crippen LogP contribution in [0.3, 0.4) is 0 Å². The number of guanidine groups is 1. The van der Waals surface area contributed by atoms with Crippen LogP contribution in [0.15, 0.2) is 41.7 Å². The van der Waals surface area contributed by atoms with Crippen molar-refractivity contribution in [1.29, 1.82) is 0 Å². The molecule has 23 heavy (non-hydrogen) atoms. The Labute approximate surface area is 136 Å². The average molecular weight is 317 g/mol. The Balaban J connectivity index is 1.66. The first-order valence-corrected chi connectivity index (χ1v) is 7.86. The Kier molecular flexibility index (Phi) is 6.59. The van der Waals surface area contributed by atoms with Gasteiger partial charge in [-0.25, -0.2) is 4.39 Å². The number of nitrogens with one attached hydrogen (secondary N) is 2. The van der Waals surface area contributed by atoms with E-state index in [2.05, 4.69) is 20.7 Å². The second-order valence-electron chi connectivity index (χ2n) is 5.37. The smallest absolute Gasteiger partial charge is 0.190 e. The van der Waals surface area contributed by atoms with E-state index in [4.69, 9.17) is 0 Å². The second-order valence-corrected chi connectivity index (χ2v) is 5.37. The summed E-state index contributed by atoms with van der Waals surface area (Å²) in [5, 5.41) is 10.7. The van der Waals surface area contributed by atoms with E-state index in [0.717, 1.165) is 49.6 Å². The summed E-state index contributed by atoms with van der Waals surface area (Å²) in [6, 6.07) is 6.83. The largest absolute Gasteiger partial charge is 0.356 e. The highest BCUT2D eigenvalue weighted by Gasteiger charge is 2.01. The van der Waals surface area contributed by atoms with Crippen LogP contribution in [0.5, 0.6) is 0 Å². The molecule has 0 bridgehead atoms. The number of hydrogen-bond acceptors (Lipinski definition) is 2. The number of nitrogens with zero attached hydrogens (tertiary/aromatic N) is 3. The fourth-order valence-electron chi connectivity index (χ4n) is 2.36. The Bertz CT molecular complexity index is 622. The van der Waals surface area contributed by atoms with Crippen molar-refractivity contribution in [3.63, 3.8) is 0 Å². The van der Waals surface area contributed by atoms with Gasteiger partial charge in [-0.15, -0.1) is 0 Å². The zero-order valence-corrected chi connectivity index (χ0v) is 13.7. The first kappa shape index (κ1) is 17.0. The van der Waals surface area contributed by atoms with E-state index in [-0.39, 0.29) is 5.82 Å². The van der Waals surface area contributed by atoms with Crippen molar-refractivity contribution in [3.05, 3.63) is 53.6 Å². The Morgan fingerprint density at radius 3 is 2.83 bits per heavy atom. The number of rotatable bonds is 7. The molecule has 6 heteroatoms. The molecule has 0 amide bonds. The number of aryl methyl sites for hydroxylation is 2. The van der Waals surface area contributed by atoms with Gasteiger partial charge in [0.2, 0.25) is 0 Å². The highest BCUT2D eigenvalue weighted by molar-refractivity contribution is 5.79. The van der Waals surface area contributed by atoms with E-state index < -0.39 is 0 Å². The van der Waals surface area contributed by atoms with Gasteiger partial charge in [0, 0.05) is 39.1 Å². The van der Waals surface area contributed by atoms with Crippen LogP contribution in [-0.2, 0) is 13.0 Å². The molecular weight excluding hydrogens is 293 g/mol. The number of hydrogen-bond donors (Lipinski definition) is 2. The van der Waals surface area contributed by atoms with Gasteiger partial charge in [-0.2, -0.15) is 5.10 Å². The van der Waals surface area contributed by atoms with Crippen molar-refractivity contribution >= 4 is 5.96 Å². The number of halogens is 1. The summed E-state index contributed by atoms with van der Waals surface area (Å²) in [6.07, 6.45) is 5.54. The van der Waals surface area contributed by atoms with E-state index in [1.54, 1.807) is 19.3 Å². The zero-order valence-electron chi connectivity index (χ0n) is 13.7. The standard InChI is InChI=1S/C17H24FN5/c1-14-13-16(18)6-5-15(14)7-10-21-17(19-2)20-8-3-11-23-12-4-9-22-23/h4-6,9,12-13H,3,7-8,10-11H2,1-2H3,(H2,19,20,21). The van der Waals surface area contributed by atoms with Crippen molar-refractivity contribution < 1.29 is 4.39 Å². The Morgan fingerprint density at radius 1 is 1.30 bits per heavy atom. The highest BCUT2D eigenvalue weighted by Crippen LogP contribution is 2.10. The molecule has 2 N–H and O–H groups in total. The third-order valence-electron chi connectivity index (χ3n) is 3.63. The SMILES string of the molecule is CN=C(NCCCn1cccn1)NCCc1ccc(F)cc1C. The molecule has 0 aliphatic carbocycles. The molecular formula is C17H24FN5. The van der Waals surface area contributed by atoms with E-state index >= 15 is 0 Å². The molecule has 0 aliphatic heterocycles. The quantitative estimate of drug-likeness (QED) is 0.467.